The van der Waals surface area contributed by atoms with Crippen molar-refractivity contribution in [2.24, 2.45) is 0 Å². The molecule has 254 valence electrons. The third kappa shape index (κ3) is 11.3. The summed E-state index contributed by atoms with van der Waals surface area (Å²) in [6, 6.07) is 6.36. The van der Waals surface area contributed by atoms with E-state index < -0.39 is 41.1 Å². The summed E-state index contributed by atoms with van der Waals surface area (Å²) in [5, 5.41) is 12.2. The minimum atomic E-state index is -6.57. The summed E-state index contributed by atoms with van der Waals surface area (Å²) in [6.45, 7) is 2.56. The predicted octanol–water partition coefficient (Wildman–Crippen LogP) is 11.2. The molecule has 0 fully saturated rings. The quantitative estimate of drug-likeness (QED) is 0.111. The Hall–Kier alpha value is -3.18. The smallest absolute Gasteiger partial charge is 0.460 e. The van der Waals surface area contributed by atoms with Gasteiger partial charge in [-0.15, -0.1) is 0 Å². The Morgan fingerprint density at radius 3 is 1.82 bits per heavy atom. The minimum absolute atomic E-state index is 0.133. The van der Waals surface area contributed by atoms with Gasteiger partial charge in [-0.2, -0.15) is 30.7 Å². The molecule has 0 unspecified atom stereocenters. The number of hydrogen-bond donors (Lipinski definition) is 2. The summed E-state index contributed by atoms with van der Waals surface area (Å²) < 4.78 is 101. The lowest BCUT2D eigenvalue weighted by Gasteiger charge is -2.31. The number of phenols is 1. The lowest BCUT2D eigenvalue weighted by molar-refractivity contribution is -0.359. The summed E-state index contributed by atoms with van der Waals surface area (Å²) in [7, 11) is 0.896. The molecular weight excluding hydrogens is 605 g/mol. The fourth-order valence-electron chi connectivity index (χ4n) is 4.89. The number of alkyl halides is 7. The standard InChI is InChI=1S/C33H45F7N2O3/c1-3-4-5-6-7-8-9-10-11-12-13-14-15-18-23-45-29-20-17-16-19-27(29)41-30(44)42(2)28-24-25(43)21-22-26(28)31(34,35)32(36,37)33(38,39)40/h16-17,19-22,24,43H,3-15,18,23H2,1-2H3,(H,41,44). The lowest BCUT2D eigenvalue weighted by Crippen LogP contribution is -2.50. The van der Waals surface area contributed by atoms with Crippen LogP contribution in [0.4, 0.5) is 46.9 Å². The zero-order valence-corrected chi connectivity index (χ0v) is 26.0. The number of para-hydroxylation sites is 2. The zero-order chi connectivity index (χ0) is 33.5. The van der Waals surface area contributed by atoms with Gasteiger partial charge in [0.2, 0.25) is 0 Å². The molecule has 2 amide bonds. The second-order valence-corrected chi connectivity index (χ2v) is 11.3. The van der Waals surface area contributed by atoms with Gasteiger partial charge in [0.25, 0.3) is 0 Å². The Morgan fingerprint density at radius 1 is 0.778 bits per heavy atom. The van der Waals surface area contributed by atoms with E-state index in [2.05, 4.69) is 12.2 Å². The van der Waals surface area contributed by atoms with Crippen LogP contribution in [0.3, 0.4) is 0 Å². The van der Waals surface area contributed by atoms with E-state index in [4.69, 9.17) is 4.74 Å². The van der Waals surface area contributed by atoms with Gasteiger partial charge in [0.05, 0.1) is 23.5 Å². The van der Waals surface area contributed by atoms with Gasteiger partial charge < -0.3 is 15.2 Å². The molecule has 0 radical (unpaired) electrons. The van der Waals surface area contributed by atoms with Crippen molar-refractivity contribution in [3.05, 3.63) is 48.0 Å². The highest BCUT2D eigenvalue weighted by atomic mass is 19.4. The molecule has 2 aromatic rings. The lowest BCUT2D eigenvalue weighted by atomic mass is 9.99. The zero-order valence-electron chi connectivity index (χ0n) is 26.0. The average Bonchev–Trinajstić information content (AvgIpc) is 2.98. The van der Waals surface area contributed by atoms with Gasteiger partial charge in [-0.25, -0.2) is 4.79 Å². The molecular formula is C33H45F7N2O3. The van der Waals surface area contributed by atoms with E-state index in [0.29, 0.717) is 23.6 Å². The second-order valence-electron chi connectivity index (χ2n) is 11.3. The van der Waals surface area contributed by atoms with E-state index in [1.165, 1.54) is 70.3 Å². The van der Waals surface area contributed by atoms with E-state index in [1.807, 2.05) is 0 Å². The number of anilines is 2. The molecule has 0 aliphatic rings. The molecule has 12 heteroatoms. The van der Waals surface area contributed by atoms with Gasteiger partial charge in [0.1, 0.15) is 11.5 Å². The monoisotopic (exact) mass is 650 g/mol. The fraction of sp³-hybridized carbons (Fsp3) is 0.606. The van der Waals surface area contributed by atoms with Crippen molar-refractivity contribution in [3.8, 4) is 11.5 Å². The van der Waals surface area contributed by atoms with Crippen LogP contribution in [0, 0.1) is 0 Å². The number of halogens is 7. The number of ether oxygens (including phenoxy) is 1. The van der Waals surface area contributed by atoms with Crippen molar-refractivity contribution in [2.45, 2.75) is 115 Å². The van der Waals surface area contributed by atoms with E-state index in [1.54, 1.807) is 18.2 Å². The number of urea groups is 1. The molecule has 0 spiro atoms. The van der Waals surface area contributed by atoms with Crippen molar-refractivity contribution < 1.29 is 45.4 Å². The number of aromatic hydroxyl groups is 1. The Labute approximate surface area is 261 Å². The molecule has 2 aromatic carbocycles. The molecule has 0 saturated heterocycles. The first-order valence-electron chi connectivity index (χ1n) is 15.7. The highest BCUT2D eigenvalue weighted by molar-refractivity contribution is 6.02. The van der Waals surface area contributed by atoms with Crippen molar-refractivity contribution in [3.63, 3.8) is 0 Å². The number of hydrogen-bond acceptors (Lipinski definition) is 3. The molecule has 0 saturated carbocycles. The first-order valence-corrected chi connectivity index (χ1v) is 15.7. The van der Waals surface area contributed by atoms with Crippen LogP contribution in [0.2, 0.25) is 0 Å². The first kappa shape index (κ1) is 38.0. The number of nitrogens with zero attached hydrogens (tertiary/aromatic N) is 1. The molecule has 0 heterocycles. The number of carbonyl (C=O) groups excluding carboxylic acids is 1. The Balaban J connectivity index is 1.87. The molecule has 0 aliphatic carbocycles. The normalized spacial score (nSPS) is 12.3. The van der Waals surface area contributed by atoms with Crippen LogP contribution in [0.5, 0.6) is 11.5 Å². The van der Waals surface area contributed by atoms with Gasteiger partial charge in [-0.1, -0.05) is 103 Å². The van der Waals surface area contributed by atoms with Crippen molar-refractivity contribution >= 4 is 17.4 Å². The van der Waals surface area contributed by atoms with Crippen LogP contribution in [-0.2, 0) is 5.92 Å². The van der Waals surface area contributed by atoms with Crippen LogP contribution < -0.4 is 15.0 Å². The highest BCUT2D eigenvalue weighted by Crippen LogP contribution is 2.54. The van der Waals surface area contributed by atoms with Gasteiger partial charge in [0.15, 0.2) is 0 Å². The summed E-state index contributed by atoms with van der Waals surface area (Å²) in [5.74, 6) is -12.7. The van der Waals surface area contributed by atoms with Crippen LogP contribution >= 0.6 is 0 Å². The molecule has 2 rings (SSSR count). The van der Waals surface area contributed by atoms with E-state index in [-0.39, 0.29) is 17.5 Å². The van der Waals surface area contributed by atoms with Crippen LogP contribution in [0.1, 0.15) is 102 Å². The maximum Gasteiger partial charge on any atom is 0.460 e. The summed E-state index contributed by atoms with van der Waals surface area (Å²) in [5.41, 5.74) is -2.70. The molecule has 5 nitrogen and oxygen atoms in total. The van der Waals surface area contributed by atoms with Crippen molar-refractivity contribution in [1.82, 2.24) is 0 Å². The number of amides is 2. The maximum absolute atomic E-state index is 14.6. The highest BCUT2D eigenvalue weighted by Gasteiger charge is 2.74. The number of carbonyl (C=O) groups is 1. The topological polar surface area (TPSA) is 61.8 Å². The van der Waals surface area contributed by atoms with E-state index in [0.717, 1.165) is 32.7 Å². The number of benzene rings is 2. The van der Waals surface area contributed by atoms with E-state index >= 15 is 0 Å². The van der Waals surface area contributed by atoms with Crippen LogP contribution in [0.25, 0.3) is 0 Å². The third-order valence-electron chi connectivity index (χ3n) is 7.62. The van der Waals surface area contributed by atoms with Gasteiger partial charge in [-0.3, -0.25) is 4.90 Å². The Bertz CT molecular complexity index is 1180. The number of phenolic OH excluding ortho intramolecular Hbond substituents is 1. The second kappa shape index (κ2) is 18.1. The summed E-state index contributed by atoms with van der Waals surface area (Å²) in [4.78, 5) is 13.4. The van der Waals surface area contributed by atoms with Gasteiger partial charge >= 0.3 is 24.1 Å². The van der Waals surface area contributed by atoms with Crippen LogP contribution in [-0.4, -0.2) is 36.9 Å². The van der Waals surface area contributed by atoms with E-state index in [9.17, 15) is 40.6 Å². The number of nitrogens with one attached hydrogen (secondary N) is 1. The maximum atomic E-state index is 14.6. The Morgan fingerprint density at radius 2 is 1.29 bits per heavy atom. The molecule has 45 heavy (non-hydrogen) atoms. The number of unbranched alkanes of at least 4 members (excludes halogenated alkanes) is 13. The van der Waals surface area contributed by atoms with Gasteiger partial charge in [0, 0.05) is 13.1 Å². The summed E-state index contributed by atoms with van der Waals surface area (Å²) >= 11 is 0. The first-order chi connectivity index (χ1) is 21.2. The Kier molecular flexibility index (Phi) is 15.3. The summed E-state index contributed by atoms with van der Waals surface area (Å²) in [6.07, 6.45) is 10.2. The predicted molar refractivity (Wildman–Crippen MR) is 163 cm³/mol. The van der Waals surface area contributed by atoms with Crippen molar-refractivity contribution in [1.29, 1.82) is 0 Å². The average molecular weight is 651 g/mol. The molecule has 0 atom stereocenters. The minimum Gasteiger partial charge on any atom is -0.508 e. The molecule has 0 bridgehead atoms. The third-order valence-corrected chi connectivity index (χ3v) is 7.62. The van der Waals surface area contributed by atoms with Crippen molar-refractivity contribution in [2.75, 3.05) is 23.9 Å². The fourth-order valence-corrected chi connectivity index (χ4v) is 4.89. The van der Waals surface area contributed by atoms with Gasteiger partial charge in [-0.05, 0) is 30.7 Å². The number of rotatable bonds is 20. The largest absolute Gasteiger partial charge is 0.508 e. The molecule has 0 aromatic heterocycles. The SMILES string of the molecule is CCCCCCCCCCCCCCCCOc1ccccc1NC(=O)N(C)c1cc(O)ccc1C(F)(F)C(F)(F)C(F)(F)F. The molecule has 2 N–H and O–H groups in total. The molecule has 0 aliphatic heterocycles. The van der Waals surface area contributed by atoms with Crippen LogP contribution in [0.15, 0.2) is 42.5 Å².